The number of ketones is 1. The molecule has 10 heteroatoms. The van der Waals surface area contributed by atoms with Crippen molar-refractivity contribution in [1.29, 1.82) is 0 Å². The van der Waals surface area contributed by atoms with Crippen LogP contribution in [-0.2, 0) is 11.0 Å². The molecule has 4 atom stereocenters. The number of anilines is 1. The summed E-state index contributed by atoms with van der Waals surface area (Å²) in [6, 6.07) is 5.53. The number of nitrogens with zero attached hydrogens (tertiary/aromatic N) is 2. The van der Waals surface area contributed by atoms with Gasteiger partial charge in [0.05, 0.1) is 17.2 Å². The van der Waals surface area contributed by atoms with Gasteiger partial charge in [-0.15, -0.1) is 0 Å². The van der Waals surface area contributed by atoms with Gasteiger partial charge < -0.3 is 10.0 Å². The van der Waals surface area contributed by atoms with Gasteiger partial charge in [0.15, 0.2) is 5.78 Å². The fourth-order valence-corrected chi connectivity index (χ4v) is 4.49. The number of nitro groups is 1. The lowest BCUT2D eigenvalue weighted by atomic mass is 9.87. The number of carbonyl (C=O) groups is 2. The Balaban J connectivity index is 1.90. The summed E-state index contributed by atoms with van der Waals surface area (Å²) in [5.74, 6) is -2.69. The van der Waals surface area contributed by atoms with E-state index >= 15 is 0 Å². The van der Waals surface area contributed by atoms with E-state index in [2.05, 4.69) is 0 Å². The van der Waals surface area contributed by atoms with Gasteiger partial charge in [-0.05, 0) is 29.3 Å². The number of alkyl halides is 3. The highest BCUT2D eigenvalue weighted by atomic mass is 19.4. The van der Waals surface area contributed by atoms with Crippen LogP contribution in [0.25, 0.3) is 0 Å². The molecule has 7 nitrogen and oxygen atoms in total. The zero-order valence-electron chi connectivity index (χ0n) is 15.5. The maximum absolute atomic E-state index is 13.2. The molecule has 1 heterocycles. The first-order valence-corrected chi connectivity index (χ1v) is 8.99. The van der Waals surface area contributed by atoms with Crippen LogP contribution in [0.5, 0.6) is 0 Å². The van der Waals surface area contributed by atoms with Gasteiger partial charge in [0.25, 0.3) is 6.04 Å². The first-order valence-electron chi connectivity index (χ1n) is 8.99. The molecule has 2 aromatic carbocycles. The Hall–Kier alpha value is -3.27. The number of carbonyl (C=O) groups excluding carboxylic acids is 2. The molecule has 0 spiro atoms. The van der Waals surface area contributed by atoms with Gasteiger partial charge in [-0.3, -0.25) is 19.7 Å². The molecule has 0 fully saturated rings. The minimum absolute atomic E-state index is 0.0357. The van der Waals surface area contributed by atoms with E-state index in [1.165, 1.54) is 12.1 Å². The standard InChI is InChI=1S/C20H15F3N2O5/c1-9(26)24-14-7-6-10(20(21,22)23)8-13(14)19(28)16(24)15-11-4-2-3-5-12(11)18(27)17(15)25(29)30/h2-8,15-18,27H,1H3/t15-,16+,17-,18+/m1/s1. The van der Waals surface area contributed by atoms with Crippen molar-refractivity contribution in [3.63, 3.8) is 0 Å². The minimum atomic E-state index is -4.70. The number of rotatable bonds is 2. The molecule has 0 saturated heterocycles. The highest BCUT2D eigenvalue weighted by Gasteiger charge is 2.57. The second kappa shape index (κ2) is 6.63. The molecule has 4 rings (SSSR count). The quantitative estimate of drug-likeness (QED) is 0.594. The Morgan fingerprint density at radius 2 is 1.80 bits per heavy atom. The smallest absolute Gasteiger partial charge is 0.381 e. The van der Waals surface area contributed by atoms with E-state index in [1.807, 2.05) is 0 Å². The van der Waals surface area contributed by atoms with Crippen molar-refractivity contribution in [3.05, 3.63) is 74.8 Å². The number of hydrogen-bond acceptors (Lipinski definition) is 5. The highest BCUT2D eigenvalue weighted by molar-refractivity contribution is 6.18. The molecule has 30 heavy (non-hydrogen) atoms. The van der Waals surface area contributed by atoms with E-state index < -0.39 is 52.5 Å². The van der Waals surface area contributed by atoms with Crippen molar-refractivity contribution in [3.8, 4) is 0 Å². The molecule has 0 radical (unpaired) electrons. The van der Waals surface area contributed by atoms with Gasteiger partial charge in [0.1, 0.15) is 12.1 Å². The number of aliphatic hydroxyl groups is 1. The zero-order chi connectivity index (χ0) is 22.0. The lowest BCUT2D eigenvalue weighted by Crippen LogP contribution is -2.47. The molecule has 2 aliphatic rings. The molecular weight excluding hydrogens is 405 g/mol. The Labute approximate surface area is 167 Å². The first-order chi connectivity index (χ1) is 14.0. The predicted octanol–water partition coefficient (Wildman–Crippen LogP) is 3.10. The van der Waals surface area contributed by atoms with E-state index in [1.54, 1.807) is 12.1 Å². The van der Waals surface area contributed by atoms with Gasteiger partial charge in [0, 0.05) is 17.4 Å². The summed E-state index contributed by atoms with van der Waals surface area (Å²) < 4.78 is 39.4. The van der Waals surface area contributed by atoms with Crippen molar-refractivity contribution in [2.45, 2.75) is 37.2 Å². The molecule has 156 valence electrons. The van der Waals surface area contributed by atoms with Gasteiger partial charge in [-0.25, -0.2) is 0 Å². The number of amides is 1. The van der Waals surface area contributed by atoms with Gasteiger partial charge in [-0.2, -0.15) is 13.2 Å². The topological polar surface area (TPSA) is 101 Å². The molecule has 0 bridgehead atoms. The van der Waals surface area contributed by atoms with Crippen LogP contribution < -0.4 is 4.90 Å². The van der Waals surface area contributed by atoms with Crippen LogP contribution in [0.15, 0.2) is 42.5 Å². The van der Waals surface area contributed by atoms with Crippen molar-refractivity contribution in [1.82, 2.24) is 0 Å². The van der Waals surface area contributed by atoms with Crippen LogP contribution in [0.2, 0.25) is 0 Å². The number of hydrogen-bond donors (Lipinski definition) is 1. The fraction of sp³-hybridized carbons (Fsp3) is 0.300. The molecule has 1 amide bonds. The summed E-state index contributed by atoms with van der Waals surface area (Å²) in [4.78, 5) is 37.6. The molecule has 1 aliphatic heterocycles. The summed E-state index contributed by atoms with van der Waals surface area (Å²) in [6.07, 6.45) is -6.22. The van der Waals surface area contributed by atoms with Crippen molar-refractivity contribution < 1.29 is 32.8 Å². The largest absolute Gasteiger partial charge is 0.416 e. The fourth-order valence-electron chi connectivity index (χ4n) is 4.49. The van der Waals surface area contributed by atoms with Crippen molar-refractivity contribution in [2.75, 3.05) is 4.90 Å². The SMILES string of the molecule is CC(=O)N1c2ccc(C(F)(F)F)cc2C(=O)[C@@H]1[C@H]1c2ccccc2[C@H](O)[C@@H]1[N+](=O)[O-]. The van der Waals surface area contributed by atoms with Crippen molar-refractivity contribution in [2.24, 2.45) is 0 Å². The number of fused-ring (bicyclic) bond motifs is 2. The summed E-state index contributed by atoms with van der Waals surface area (Å²) in [5.41, 5.74) is -0.846. The second-order valence-corrected chi connectivity index (χ2v) is 7.30. The number of Topliss-reactive ketones (excluding diaryl/α,β-unsaturated/α-hetero) is 1. The van der Waals surface area contributed by atoms with Crippen LogP contribution in [-0.4, -0.2) is 33.8 Å². The monoisotopic (exact) mass is 420 g/mol. The van der Waals surface area contributed by atoms with Crippen LogP contribution >= 0.6 is 0 Å². The Kier molecular flexibility index (Phi) is 4.42. The second-order valence-electron chi connectivity index (χ2n) is 7.30. The van der Waals surface area contributed by atoms with Crippen LogP contribution in [0.4, 0.5) is 18.9 Å². The molecule has 0 saturated carbocycles. The predicted molar refractivity (Wildman–Crippen MR) is 97.6 cm³/mol. The van der Waals surface area contributed by atoms with Crippen LogP contribution in [0.3, 0.4) is 0 Å². The zero-order valence-corrected chi connectivity index (χ0v) is 15.5. The van der Waals surface area contributed by atoms with Crippen LogP contribution in [0.1, 0.15) is 46.0 Å². The molecular formula is C20H15F3N2O5. The van der Waals surface area contributed by atoms with Crippen molar-refractivity contribution >= 4 is 17.4 Å². The van der Waals surface area contributed by atoms with E-state index in [4.69, 9.17) is 0 Å². The summed E-state index contributed by atoms with van der Waals surface area (Å²) in [7, 11) is 0. The highest BCUT2D eigenvalue weighted by Crippen LogP contribution is 2.49. The normalized spacial score (nSPS) is 25.2. The average Bonchev–Trinajstić information content (AvgIpc) is 3.12. The average molecular weight is 420 g/mol. The van der Waals surface area contributed by atoms with Gasteiger partial charge in [-0.1, -0.05) is 24.3 Å². The molecule has 2 aromatic rings. The van der Waals surface area contributed by atoms with Gasteiger partial charge in [0.2, 0.25) is 5.91 Å². The van der Waals surface area contributed by atoms with E-state index in [0.717, 1.165) is 24.0 Å². The first kappa shape index (κ1) is 20.0. The third kappa shape index (κ3) is 2.78. The molecule has 0 aromatic heterocycles. The van der Waals surface area contributed by atoms with E-state index in [-0.39, 0.29) is 16.8 Å². The third-order valence-corrected chi connectivity index (χ3v) is 5.68. The summed E-state index contributed by atoms with van der Waals surface area (Å²) in [5, 5.41) is 22.3. The third-order valence-electron chi connectivity index (χ3n) is 5.68. The molecule has 1 aliphatic carbocycles. The summed E-state index contributed by atoms with van der Waals surface area (Å²) in [6.45, 7) is 1.13. The lowest BCUT2D eigenvalue weighted by Gasteiger charge is -2.29. The Morgan fingerprint density at radius 3 is 2.37 bits per heavy atom. The number of benzene rings is 2. The van der Waals surface area contributed by atoms with E-state index in [9.17, 15) is 38.0 Å². The molecule has 1 N–H and O–H groups in total. The Morgan fingerprint density at radius 1 is 1.17 bits per heavy atom. The number of halogens is 3. The Bertz CT molecular complexity index is 1080. The van der Waals surface area contributed by atoms with Crippen LogP contribution in [0, 0.1) is 10.1 Å². The van der Waals surface area contributed by atoms with E-state index in [0.29, 0.717) is 11.6 Å². The number of aliphatic hydroxyl groups excluding tert-OH is 1. The maximum atomic E-state index is 13.2. The molecule has 0 unspecified atom stereocenters. The minimum Gasteiger partial charge on any atom is -0.381 e. The lowest BCUT2D eigenvalue weighted by molar-refractivity contribution is -0.537. The summed E-state index contributed by atoms with van der Waals surface area (Å²) >= 11 is 0. The maximum Gasteiger partial charge on any atom is 0.416 e. The van der Waals surface area contributed by atoms with Gasteiger partial charge >= 0.3 is 6.18 Å².